The van der Waals surface area contributed by atoms with Crippen LogP contribution in [-0.2, 0) is 6.42 Å². The van der Waals surface area contributed by atoms with E-state index in [1.54, 1.807) is 0 Å². The Kier molecular flexibility index (Phi) is 4.16. The lowest BCUT2D eigenvalue weighted by Gasteiger charge is -2.34. The third-order valence-electron chi connectivity index (χ3n) is 3.51. The maximum atomic E-state index is 3.86. The molecule has 1 aliphatic rings. The average molecular weight is 227 g/mol. The van der Waals surface area contributed by atoms with Crippen LogP contribution in [0.1, 0.15) is 30.0 Å². The molecule has 0 spiro atoms. The third-order valence-corrected chi connectivity index (χ3v) is 3.51. The molecule has 90 valence electrons. The Morgan fingerprint density at radius 1 is 1.18 bits per heavy atom. The molecule has 0 radical (unpaired) electrons. The van der Waals surface area contributed by atoms with Crippen LogP contribution in [-0.4, -0.2) is 18.0 Å². The van der Waals surface area contributed by atoms with Gasteiger partial charge < -0.3 is 0 Å². The van der Waals surface area contributed by atoms with Gasteiger partial charge in [-0.3, -0.25) is 4.90 Å². The molecule has 1 aromatic carbocycles. The minimum atomic E-state index is 0.538. The van der Waals surface area contributed by atoms with Crippen LogP contribution in [0, 0.1) is 0 Å². The molecule has 1 nitrogen and oxygen atoms in total. The largest absolute Gasteiger partial charge is 0.289 e. The van der Waals surface area contributed by atoms with Crippen LogP contribution < -0.4 is 0 Å². The van der Waals surface area contributed by atoms with Crippen molar-refractivity contribution in [2.75, 3.05) is 13.1 Å². The highest BCUT2D eigenvalue weighted by Gasteiger charge is 2.23. The predicted octanol–water partition coefficient (Wildman–Crippen LogP) is 3.74. The zero-order chi connectivity index (χ0) is 12.1. The van der Waals surface area contributed by atoms with Crippen LogP contribution >= 0.6 is 0 Å². The summed E-state index contributed by atoms with van der Waals surface area (Å²) in [6.45, 7) is 9.59. The molecule has 0 heterocycles. The molecule has 0 aliphatic heterocycles. The van der Waals surface area contributed by atoms with Crippen LogP contribution in [0.4, 0.5) is 0 Å². The summed E-state index contributed by atoms with van der Waals surface area (Å²) < 4.78 is 0. The van der Waals surface area contributed by atoms with Crippen molar-refractivity contribution in [3.05, 3.63) is 60.7 Å². The van der Waals surface area contributed by atoms with Gasteiger partial charge in [0, 0.05) is 19.1 Å². The van der Waals surface area contributed by atoms with Gasteiger partial charge in [0.15, 0.2) is 0 Å². The molecule has 0 bridgehead atoms. The van der Waals surface area contributed by atoms with Crippen LogP contribution in [0.5, 0.6) is 0 Å². The highest BCUT2D eigenvalue weighted by molar-refractivity contribution is 5.32. The molecule has 1 aromatic rings. The Hall–Kier alpha value is -1.34. The van der Waals surface area contributed by atoms with Crippen molar-refractivity contribution in [1.29, 1.82) is 0 Å². The first-order chi connectivity index (χ1) is 8.36. The first-order valence-corrected chi connectivity index (χ1v) is 6.40. The number of rotatable bonds is 5. The highest BCUT2D eigenvalue weighted by atomic mass is 15.1. The average Bonchev–Trinajstić information content (AvgIpc) is 2.38. The maximum Gasteiger partial charge on any atom is 0.0357 e. The lowest BCUT2D eigenvalue weighted by Crippen LogP contribution is -2.31. The molecule has 1 heteroatoms. The summed E-state index contributed by atoms with van der Waals surface area (Å²) in [5, 5.41) is 0. The predicted molar refractivity (Wildman–Crippen MR) is 74.1 cm³/mol. The molecule has 0 fully saturated rings. The van der Waals surface area contributed by atoms with Crippen molar-refractivity contribution in [3.8, 4) is 0 Å². The van der Waals surface area contributed by atoms with Gasteiger partial charge in [-0.05, 0) is 30.4 Å². The number of benzene rings is 1. The summed E-state index contributed by atoms with van der Waals surface area (Å²) in [7, 11) is 0. The maximum absolute atomic E-state index is 3.86. The number of aryl methyl sites for hydroxylation is 1. The standard InChI is InChI=1S/C16H21N/c1-3-12-17(13-4-2)16-11-7-9-14-8-5-6-10-15(14)16/h3-6,8,10,16H,1-2,7,9,11-13H2. The van der Waals surface area contributed by atoms with E-state index >= 15 is 0 Å². The number of fused-ring (bicyclic) bond motifs is 1. The van der Waals surface area contributed by atoms with E-state index in [0.29, 0.717) is 6.04 Å². The van der Waals surface area contributed by atoms with E-state index in [4.69, 9.17) is 0 Å². The second-order valence-electron chi connectivity index (χ2n) is 4.64. The Bertz CT molecular complexity index is 384. The molecular formula is C16H21N. The summed E-state index contributed by atoms with van der Waals surface area (Å²) >= 11 is 0. The van der Waals surface area contributed by atoms with Crippen LogP contribution in [0.15, 0.2) is 49.6 Å². The van der Waals surface area contributed by atoms with Crippen LogP contribution in [0.2, 0.25) is 0 Å². The molecule has 1 unspecified atom stereocenters. The van der Waals surface area contributed by atoms with Gasteiger partial charge in [-0.15, -0.1) is 13.2 Å². The second kappa shape index (κ2) is 5.83. The monoisotopic (exact) mass is 227 g/mol. The minimum Gasteiger partial charge on any atom is -0.289 e. The first-order valence-electron chi connectivity index (χ1n) is 6.40. The van der Waals surface area contributed by atoms with E-state index < -0.39 is 0 Å². The zero-order valence-electron chi connectivity index (χ0n) is 10.4. The summed E-state index contributed by atoms with van der Waals surface area (Å²) in [4.78, 5) is 2.46. The summed E-state index contributed by atoms with van der Waals surface area (Å²) in [5.74, 6) is 0. The van der Waals surface area contributed by atoms with Crippen molar-refractivity contribution in [3.63, 3.8) is 0 Å². The van der Waals surface area contributed by atoms with Crippen molar-refractivity contribution in [2.45, 2.75) is 25.3 Å². The fourth-order valence-electron chi connectivity index (χ4n) is 2.77. The summed E-state index contributed by atoms with van der Waals surface area (Å²) in [6.07, 6.45) is 7.73. The van der Waals surface area contributed by atoms with Gasteiger partial charge in [0.05, 0.1) is 0 Å². The molecule has 0 amide bonds. The Morgan fingerprint density at radius 3 is 2.59 bits per heavy atom. The molecular weight excluding hydrogens is 206 g/mol. The van der Waals surface area contributed by atoms with Gasteiger partial charge in [-0.1, -0.05) is 36.4 Å². The van der Waals surface area contributed by atoms with Crippen molar-refractivity contribution in [2.24, 2.45) is 0 Å². The number of hydrogen-bond donors (Lipinski definition) is 0. The van der Waals surface area contributed by atoms with Crippen molar-refractivity contribution < 1.29 is 0 Å². The van der Waals surface area contributed by atoms with E-state index in [1.807, 2.05) is 12.2 Å². The number of hydrogen-bond acceptors (Lipinski definition) is 1. The van der Waals surface area contributed by atoms with Gasteiger partial charge in [0.25, 0.3) is 0 Å². The fourth-order valence-corrected chi connectivity index (χ4v) is 2.77. The van der Waals surface area contributed by atoms with E-state index in [9.17, 15) is 0 Å². The highest BCUT2D eigenvalue weighted by Crippen LogP contribution is 2.33. The SMILES string of the molecule is C=CCN(CC=C)C1CCCc2ccccc21. The smallest absolute Gasteiger partial charge is 0.0357 e. The van der Waals surface area contributed by atoms with E-state index in [-0.39, 0.29) is 0 Å². The molecule has 1 aliphatic carbocycles. The van der Waals surface area contributed by atoms with Crippen LogP contribution in [0.25, 0.3) is 0 Å². The van der Waals surface area contributed by atoms with E-state index in [1.165, 1.54) is 30.4 Å². The quantitative estimate of drug-likeness (QED) is 0.693. The van der Waals surface area contributed by atoms with Crippen molar-refractivity contribution in [1.82, 2.24) is 4.90 Å². The molecule has 17 heavy (non-hydrogen) atoms. The second-order valence-corrected chi connectivity index (χ2v) is 4.64. The summed E-state index contributed by atoms with van der Waals surface area (Å²) in [5.41, 5.74) is 3.02. The van der Waals surface area contributed by atoms with Crippen LogP contribution in [0.3, 0.4) is 0 Å². The van der Waals surface area contributed by atoms with Gasteiger partial charge in [-0.25, -0.2) is 0 Å². The normalized spacial score (nSPS) is 18.8. The van der Waals surface area contributed by atoms with Gasteiger partial charge >= 0.3 is 0 Å². The zero-order valence-corrected chi connectivity index (χ0v) is 10.4. The molecule has 2 rings (SSSR count). The molecule has 0 N–H and O–H groups in total. The lowest BCUT2D eigenvalue weighted by molar-refractivity contribution is 0.219. The number of nitrogens with zero attached hydrogens (tertiary/aromatic N) is 1. The molecule has 1 atom stereocenters. The molecule has 0 aromatic heterocycles. The van der Waals surface area contributed by atoms with Gasteiger partial charge in [0.1, 0.15) is 0 Å². The van der Waals surface area contributed by atoms with E-state index in [2.05, 4.69) is 42.3 Å². The Labute approximate surface area is 104 Å². The Morgan fingerprint density at radius 2 is 1.88 bits per heavy atom. The van der Waals surface area contributed by atoms with Gasteiger partial charge in [-0.2, -0.15) is 0 Å². The van der Waals surface area contributed by atoms with Crippen molar-refractivity contribution >= 4 is 0 Å². The minimum absolute atomic E-state index is 0.538. The topological polar surface area (TPSA) is 3.24 Å². The first kappa shape index (κ1) is 12.1. The van der Waals surface area contributed by atoms with E-state index in [0.717, 1.165) is 13.1 Å². The molecule has 0 saturated heterocycles. The fraction of sp³-hybridized carbons (Fsp3) is 0.375. The van der Waals surface area contributed by atoms with Gasteiger partial charge in [0.2, 0.25) is 0 Å². The molecule has 0 saturated carbocycles. The Balaban J connectivity index is 2.26. The summed E-state index contributed by atoms with van der Waals surface area (Å²) in [6, 6.07) is 9.37. The lowest BCUT2D eigenvalue weighted by atomic mass is 9.87. The third kappa shape index (κ3) is 2.67.